The predicted octanol–water partition coefficient (Wildman–Crippen LogP) is 3.99. The Morgan fingerprint density at radius 1 is 1.35 bits per heavy atom. The molecule has 2 aromatic heterocycles. The van der Waals surface area contributed by atoms with Crippen molar-refractivity contribution in [2.24, 2.45) is 0 Å². The van der Waals surface area contributed by atoms with Crippen molar-refractivity contribution in [3.8, 4) is 11.5 Å². The van der Waals surface area contributed by atoms with Gasteiger partial charge in [0.25, 0.3) is 0 Å². The highest BCUT2D eigenvalue weighted by molar-refractivity contribution is 9.10. The molecule has 1 aromatic carbocycles. The first-order valence-electron chi connectivity index (χ1n) is 6.99. The average molecular weight is 381 g/mol. The minimum absolute atomic E-state index is 0.0870. The summed E-state index contributed by atoms with van der Waals surface area (Å²) in [6, 6.07) is 10.4. The number of phenols is 1. The molecular weight excluding hydrogens is 364 g/mol. The number of rotatable bonds is 4. The molecule has 0 spiro atoms. The SMILES string of the molecule is Brc1cc2ccc1o2.CC(=O)c1c(O)cccc1OCC(C)O. The molecule has 0 saturated heterocycles. The number of fused-ring (bicyclic) bond motifs is 2. The van der Waals surface area contributed by atoms with E-state index < -0.39 is 6.10 Å². The largest absolute Gasteiger partial charge is 0.507 e. The fourth-order valence-electron chi connectivity index (χ4n) is 1.96. The van der Waals surface area contributed by atoms with E-state index in [2.05, 4.69) is 15.9 Å². The summed E-state index contributed by atoms with van der Waals surface area (Å²) in [6.45, 7) is 3.02. The van der Waals surface area contributed by atoms with Gasteiger partial charge in [-0.3, -0.25) is 4.79 Å². The smallest absolute Gasteiger partial charge is 0.167 e. The van der Waals surface area contributed by atoms with E-state index in [4.69, 9.17) is 14.3 Å². The Morgan fingerprint density at radius 2 is 2.09 bits per heavy atom. The number of aliphatic hydroxyl groups is 1. The molecule has 0 amide bonds. The summed E-state index contributed by atoms with van der Waals surface area (Å²) >= 11 is 3.32. The highest BCUT2D eigenvalue weighted by atomic mass is 79.9. The lowest BCUT2D eigenvalue weighted by Gasteiger charge is -2.11. The molecule has 1 unspecified atom stereocenters. The third-order valence-electron chi connectivity index (χ3n) is 2.97. The fraction of sp³-hybridized carbons (Fsp3) is 0.235. The lowest BCUT2D eigenvalue weighted by Crippen LogP contribution is -2.14. The molecule has 2 heterocycles. The average Bonchev–Trinajstić information content (AvgIpc) is 3.07. The zero-order valence-electron chi connectivity index (χ0n) is 12.7. The van der Waals surface area contributed by atoms with Gasteiger partial charge in [0.05, 0.1) is 10.6 Å². The minimum Gasteiger partial charge on any atom is -0.507 e. The first kappa shape index (κ1) is 17.3. The number of halogens is 1. The second-order valence-electron chi connectivity index (χ2n) is 5.06. The molecule has 5 nitrogen and oxygen atoms in total. The summed E-state index contributed by atoms with van der Waals surface area (Å²) in [6.07, 6.45) is -0.618. The third-order valence-corrected chi connectivity index (χ3v) is 3.59. The second-order valence-corrected chi connectivity index (χ2v) is 5.92. The van der Waals surface area contributed by atoms with Gasteiger partial charge in [0.1, 0.15) is 34.8 Å². The molecule has 0 aliphatic heterocycles. The molecule has 2 N–H and O–H groups in total. The number of carbonyl (C=O) groups is 1. The molecule has 0 saturated carbocycles. The number of Topliss-reactive ketones (excluding diaryl/α,β-unsaturated/α-hetero) is 1. The maximum Gasteiger partial charge on any atom is 0.167 e. The number of carbonyl (C=O) groups excluding carboxylic acids is 1. The van der Waals surface area contributed by atoms with Gasteiger partial charge in [0.15, 0.2) is 5.78 Å². The molecule has 2 bridgehead atoms. The van der Waals surface area contributed by atoms with Gasteiger partial charge < -0.3 is 19.4 Å². The Kier molecular flexibility index (Phi) is 5.63. The second kappa shape index (κ2) is 7.48. The van der Waals surface area contributed by atoms with Crippen LogP contribution in [0.4, 0.5) is 0 Å². The van der Waals surface area contributed by atoms with Gasteiger partial charge in [-0.25, -0.2) is 0 Å². The topological polar surface area (TPSA) is 79.9 Å². The van der Waals surface area contributed by atoms with Crippen LogP contribution in [0.3, 0.4) is 0 Å². The van der Waals surface area contributed by atoms with E-state index in [9.17, 15) is 9.90 Å². The van der Waals surface area contributed by atoms with Crippen LogP contribution in [0.1, 0.15) is 24.2 Å². The summed E-state index contributed by atoms with van der Waals surface area (Å²) in [5.74, 6) is -0.0808. The van der Waals surface area contributed by atoms with Gasteiger partial charge in [0, 0.05) is 0 Å². The molecule has 0 fully saturated rings. The van der Waals surface area contributed by atoms with Crippen LogP contribution in [-0.4, -0.2) is 28.7 Å². The molecule has 23 heavy (non-hydrogen) atoms. The molecule has 0 aliphatic rings. The Balaban J connectivity index is 0.000000198. The maximum atomic E-state index is 11.2. The van der Waals surface area contributed by atoms with Crippen molar-refractivity contribution in [1.29, 1.82) is 0 Å². The molecule has 0 radical (unpaired) electrons. The first-order chi connectivity index (χ1) is 10.9. The highest BCUT2D eigenvalue weighted by Gasteiger charge is 2.13. The Morgan fingerprint density at radius 3 is 2.52 bits per heavy atom. The molecule has 0 aliphatic carbocycles. The number of hydrogen-bond acceptors (Lipinski definition) is 5. The van der Waals surface area contributed by atoms with Crippen molar-refractivity contribution >= 4 is 32.9 Å². The number of aromatic hydroxyl groups is 1. The van der Waals surface area contributed by atoms with Crippen molar-refractivity contribution in [3.05, 3.63) is 46.4 Å². The van der Waals surface area contributed by atoms with E-state index in [1.807, 2.05) is 18.2 Å². The Bertz CT molecular complexity index is 778. The van der Waals surface area contributed by atoms with Gasteiger partial charge in [-0.1, -0.05) is 6.07 Å². The highest BCUT2D eigenvalue weighted by Crippen LogP contribution is 2.28. The van der Waals surface area contributed by atoms with Crippen LogP contribution in [0.2, 0.25) is 0 Å². The number of phenolic OH excluding ortho intramolecular Hbond substituents is 1. The lowest BCUT2D eigenvalue weighted by atomic mass is 10.1. The van der Waals surface area contributed by atoms with Crippen molar-refractivity contribution in [1.82, 2.24) is 0 Å². The molecule has 3 rings (SSSR count). The standard InChI is InChI=1S/C11H14O4.C6H3BrO/c1-7(12)6-15-10-5-3-4-9(14)11(10)8(2)13;7-5-3-4-1-2-6(5)8-4/h3-5,7,12,14H,6H2,1-2H3;1-3H. The zero-order valence-corrected chi connectivity index (χ0v) is 14.3. The summed E-state index contributed by atoms with van der Waals surface area (Å²) in [4.78, 5) is 11.2. The number of furan rings is 2. The summed E-state index contributed by atoms with van der Waals surface area (Å²) in [5.41, 5.74) is 2.02. The van der Waals surface area contributed by atoms with Gasteiger partial charge in [0.2, 0.25) is 0 Å². The molecule has 6 heteroatoms. The van der Waals surface area contributed by atoms with Crippen LogP contribution in [-0.2, 0) is 0 Å². The Hall–Kier alpha value is -2.05. The van der Waals surface area contributed by atoms with Gasteiger partial charge in [-0.15, -0.1) is 0 Å². The summed E-state index contributed by atoms with van der Waals surface area (Å²) in [5, 5.41) is 18.5. The van der Waals surface area contributed by atoms with E-state index in [0.717, 1.165) is 15.6 Å². The maximum absolute atomic E-state index is 11.2. The minimum atomic E-state index is -0.618. The van der Waals surface area contributed by atoms with Gasteiger partial charge in [-0.2, -0.15) is 0 Å². The van der Waals surface area contributed by atoms with Crippen LogP contribution >= 0.6 is 15.9 Å². The molecular formula is C17H17BrO5. The van der Waals surface area contributed by atoms with Crippen LogP contribution < -0.4 is 4.74 Å². The van der Waals surface area contributed by atoms with Gasteiger partial charge in [-0.05, 0) is 60.1 Å². The van der Waals surface area contributed by atoms with Crippen molar-refractivity contribution in [2.75, 3.05) is 6.61 Å². The number of hydrogen-bond donors (Lipinski definition) is 2. The predicted molar refractivity (Wildman–Crippen MR) is 90.4 cm³/mol. The van der Waals surface area contributed by atoms with E-state index >= 15 is 0 Å². The van der Waals surface area contributed by atoms with Crippen molar-refractivity contribution < 1.29 is 24.2 Å². The van der Waals surface area contributed by atoms with Crippen molar-refractivity contribution in [3.63, 3.8) is 0 Å². The third kappa shape index (κ3) is 4.46. The van der Waals surface area contributed by atoms with Crippen molar-refractivity contribution in [2.45, 2.75) is 20.0 Å². The quantitative estimate of drug-likeness (QED) is 0.668. The van der Waals surface area contributed by atoms with Crippen LogP contribution in [0.15, 0.2) is 45.3 Å². The summed E-state index contributed by atoms with van der Waals surface area (Å²) < 4.78 is 11.4. The van der Waals surface area contributed by atoms with E-state index in [1.54, 1.807) is 19.1 Å². The lowest BCUT2D eigenvalue weighted by molar-refractivity contribution is 0.0992. The number of aliphatic hydroxyl groups excluding tert-OH is 1. The van der Waals surface area contributed by atoms with Crippen LogP contribution in [0.25, 0.3) is 11.2 Å². The van der Waals surface area contributed by atoms with Crippen LogP contribution in [0, 0.1) is 0 Å². The van der Waals surface area contributed by atoms with E-state index in [-0.39, 0.29) is 23.7 Å². The normalized spacial score (nSPS) is 11.8. The molecule has 3 aromatic rings. The zero-order chi connectivity index (χ0) is 17.0. The van der Waals surface area contributed by atoms with Crippen LogP contribution in [0.5, 0.6) is 11.5 Å². The fourth-order valence-corrected chi connectivity index (χ4v) is 2.40. The molecule has 1 atom stereocenters. The van der Waals surface area contributed by atoms with E-state index in [0.29, 0.717) is 5.75 Å². The monoisotopic (exact) mass is 380 g/mol. The Labute approximate surface area is 142 Å². The summed E-state index contributed by atoms with van der Waals surface area (Å²) in [7, 11) is 0. The molecule has 122 valence electrons. The first-order valence-corrected chi connectivity index (χ1v) is 7.79. The number of ketones is 1. The van der Waals surface area contributed by atoms with E-state index in [1.165, 1.54) is 13.0 Å². The number of ether oxygens (including phenoxy) is 1. The number of benzene rings is 2. The van der Waals surface area contributed by atoms with Gasteiger partial charge >= 0.3 is 0 Å².